The van der Waals surface area contributed by atoms with Crippen LogP contribution in [0.25, 0.3) is 0 Å². The molecular formula is C6H8Br2N2O. The molecule has 0 saturated heterocycles. The van der Waals surface area contributed by atoms with Crippen LogP contribution in [0, 0.1) is 0 Å². The molecule has 5 heteroatoms. The summed E-state index contributed by atoms with van der Waals surface area (Å²) < 4.78 is 8.51. The Morgan fingerprint density at radius 3 is 2.82 bits per heavy atom. The lowest BCUT2D eigenvalue weighted by Crippen LogP contribution is -2.03. The van der Waals surface area contributed by atoms with Crippen LogP contribution >= 0.6 is 31.9 Å². The number of aromatic nitrogens is 2. The van der Waals surface area contributed by atoms with Crippen LogP contribution in [0.1, 0.15) is 0 Å². The van der Waals surface area contributed by atoms with Crippen molar-refractivity contribution in [3.63, 3.8) is 0 Å². The van der Waals surface area contributed by atoms with Gasteiger partial charge in [-0.05, 0) is 31.9 Å². The minimum Gasteiger partial charge on any atom is -0.383 e. The zero-order valence-electron chi connectivity index (χ0n) is 6.05. The van der Waals surface area contributed by atoms with E-state index < -0.39 is 0 Å². The zero-order chi connectivity index (χ0) is 8.27. The fraction of sp³-hybridized carbons (Fsp3) is 0.500. The van der Waals surface area contributed by atoms with Gasteiger partial charge in [0.25, 0.3) is 0 Å². The molecule has 0 fully saturated rings. The minimum atomic E-state index is 0.681. The predicted octanol–water partition coefficient (Wildman–Crippen LogP) is 2.05. The largest absolute Gasteiger partial charge is 0.383 e. The topological polar surface area (TPSA) is 27.1 Å². The molecule has 0 aliphatic rings. The average molecular weight is 284 g/mol. The van der Waals surface area contributed by atoms with E-state index in [-0.39, 0.29) is 0 Å². The number of halogens is 2. The van der Waals surface area contributed by atoms with E-state index in [1.165, 1.54) is 0 Å². The maximum Gasteiger partial charge on any atom is 0.142 e. The third-order valence-electron chi connectivity index (χ3n) is 1.20. The third kappa shape index (κ3) is 2.57. The van der Waals surface area contributed by atoms with Crippen LogP contribution in [0.4, 0.5) is 0 Å². The van der Waals surface area contributed by atoms with Crippen molar-refractivity contribution in [2.75, 3.05) is 13.7 Å². The van der Waals surface area contributed by atoms with Crippen LogP contribution in [0.15, 0.2) is 15.3 Å². The number of rotatable bonds is 3. The summed E-state index contributed by atoms with van der Waals surface area (Å²) in [4.78, 5) is 0. The van der Waals surface area contributed by atoms with E-state index in [1.807, 2.05) is 10.9 Å². The molecule has 11 heavy (non-hydrogen) atoms. The average Bonchev–Trinajstić information content (AvgIpc) is 2.28. The Kier molecular flexibility index (Phi) is 3.54. The summed E-state index contributed by atoms with van der Waals surface area (Å²) in [6.45, 7) is 1.46. The van der Waals surface area contributed by atoms with E-state index in [0.717, 1.165) is 15.6 Å². The first-order chi connectivity index (χ1) is 5.24. The van der Waals surface area contributed by atoms with E-state index in [2.05, 4.69) is 37.0 Å². The van der Waals surface area contributed by atoms with Gasteiger partial charge in [-0.2, -0.15) is 5.10 Å². The van der Waals surface area contributed by atoms with Crippen molar-refractivity contribution in [1.29, 1.82) is 0 Å². The zero-order valence-corrected chi connectivity index (χ0v) is 9.22. The summed E-state index contributed by atoms with van der Waals surface area (Å²) >= 11 is 6.63. The molecule has 3 nitrogen and oxygen atoms in total. The van der Waals surface area contributed by atoms with E-state index in [0.29, 0.717) is 6.61 Å². The Morgan fingerprint density at radius 1 is 1.64 bits per heavy atom. The van der Waals surface area contributed by atoms with Crippen molar-refractivity contribution in [3.05, 3.63) is 15.3 Å². The molecule has 0 bridgehead atoms. The lowest BCUT2D eigenvalue weighted by atomic mass is 10.7. The van der Waals surface area contributed by atoms with E-state index in [9.17, 15) is 0 Å². The molecule has 1 rings (SSSR count). The van der Waals surface area contributed by atoms with Gasteiger partial charge in [0.05, 0.1) is 17.6 Å². The number of ether oxygens (including phenoxy) is 1. The Morgan fingerprint density at radius 2 is 2.36 bits per heavy atom. The van der Waals surface area contributed by atoms with Gasteiger partial charge in [-0.15, -0.1) is 0 Å². The smallest absolute Gasteiger partial charge is 0.142 e. The predicted molar refractivity (Wildman–Crippen MR) is 49.5 cm³/mol. The van der Waals surface area contributed by atoms with Gasteiger partial charge in [-0.25, -0.2) is 0 Å². The maximum atomic E-state index is 4.90. The molecule has 62 valence electrons. The first-order valence-corrected chi connectivity index (χ1v) is 4.70. The second-order valence-electron chi connectivity index (χ2n) is 2.02. The van der Waals surface area contributed by atoms with Gasteiger partial charge in [0.2, 0.25) is 0 Å². The molecule has 1 heterocycles. The molecule has 0 amide bonds. The molecule has 0 unspecified atom stereocenters. The summed E-state index contributed by atoms with van der Waals surface area (Å²) in [5, 5.41) is 4.15. The van der Waals surface area contributed by atoms with E-state index >= 15 is 0 Å². The van der Waals surface area contributed by atoms with Gasteiger partial charge in [0, 0.05) is 13.3 Å². The van der Waals surface area contributed by atoms with Crippen molar-refractivity contribution in [2.45, 2.75) is 6.54 Å². The third-order valence-corrected chi connectivity index (χ3v) is 2.90. The summed E-state index contributed by atoms with van der Waals surface area (Å²) in [6.07, 6.45) is 1.91. The van der Waals surface area contributed by atoms with Crippen molar-refractivity contribution in [3.8, 4) is 0 Å². The van der Waals surface area contributed by atoms with Crippen LogP contribution in [0.5, 0.6) is 0 Å². The minimum absolute atomic E-state index is 0.681. The van der Waals surface area contributed by atoms with Crippen LogP contribution in [0.3, 0.4) is 0 Å². The molecule has 0 saturated carbocycles. The second-order valence-corrected chi connectivity index (χ2v) is 3.63. The highest BCUT2D eigenvalue weighted by molar-refractivity contribution is 9.13. The fourth-order valence-corrected chi connectivity index (χ4v) is 1.29. The Bertz CT molecular complexity index is 217. The normalized spacial score (nSPS) is 10.5. The lowest BCUT2D eigenvalue weighted by molar-refractivity contribution is 0.183. The number of hydrogen-bond donors (Lipinski definition) is 0. The van der Waals surface area contributed by atoms with Gasteiger partial charge < -0.3 is 4.74 Å². The lowest BCUT2D eigenvalue weighted by Gasteiger charge is -1.97. The van der Waals surface area contributed by atoms with Crippen molar-refractivity contribution in [1.82, 2.24) is 9.78 Å². The molecule has 0 radical (unpaired) electrons. The number of nitrogens with zero attached hydrogens (tertiary/aromatic N) is 2. The van der Waals surface area contributed by atoms with Gasteiger partial charge in [-0.1, -0.05) is 0 Å². The first-order valence-electron chi connectivity index (χ1n) is 3.11. The highest BCUT2D eigenvalue weighted by atomic mass is 79.9. The number of hydrogen-bond acceptors (Lipinski definition) is 2. The van der Waals surface area contributed by atoms with E-state index in [1.54, 1.807) is 7.11 Å². The summed E-state index contributed by atoms with van der Waals surface area (Å²) in [5.74, 6) is 0. The van der Waals surface area contributed by atoms with Crippen molar-refractivity contribution in [2.24, 2.45) is 0 Å². The van der Waals surface area contributed by atoms with Crippen LogP contribution < -0.4 is 0 Å². The second kappa shape index (κ2) is 4.23. The summed E-state index contributed by atoms with van der Waals surface area (Å²) in [6, 6.07) is 0. The van der Waals surface area contributed by atoms with Crippen LogP contribution in [-0.2, 0) is 11.3 Å². The molecule has 0 aliphatic carbocycles. The maximum absolute atomic E-state index is 4.90. The highest BCUT2D eigenvalue weighted by Crippen LogP contribution is 2.19. The molecule has 0 N–H and O–H groups in total. The Labute approximate surface area is 82.0 Å². The van der Waals surface area contributed by atoms with Gasteiger partial charge in [-0.3, -0.25) is 4.68 Å². The fourth-order valence-electron chi connectivity index (χ4n) is 0.673. The Hall–Kier alpha value is 0.130. The van der Waals surface area contributed by atoms with Gasteiger partial charge in [0.1, 0.15) is 4.60 Å². The molecule has 1 aromatic heterocycles. The monoisotopic (exact) mass is 282 g/mol. The van der Waals surface area contributed by atoms with Crippen molar-refractivity contribution >= 4 is 31.9 Å². The van der Waals surface area contributed by atoms with E-state index in [4.69, 9.17) is 4.74 Å². The summed E-state index contributed by atoms with van der Waals surface area (Å²) in [7, 11) is 1.67. The first kappa shape index (κ1) is 9.22. The van der Waals surface area contributed by atoms with Crippen molar-refractivity contribution < 1.29 is 4.74 Å². The molecular weight excluding hydrogens is 276 g/mol. The molecule has 1 aromatic rings. The summed E-state index contributed by atoms with van der Waals surface area (Å²) in [5.41, 5.74) is 0. The molecule has 0 atom stereocenters. The molecule has 0 aliphatic heterocycles. The standard InChI is InChI=1S/C6H8Br2N2O/c1-11-3-2-10-4-5(7)6(8)9-10/h4H,2-3H2,1H3. The molecule has 0 aromatic carbocycles. The van der Waals surface area contributed by atoms with Gasteiger partial charge in [0.15, 0.2) is 0 Å². The SMILES string of the molecule is COCCn1cc(Br)c(Br)n1. The van der Waals surface area contributed by atoms with Crippen LogP contribution in [0.2, 0.25) is 0 Å². The quantitative estimate of drug-likeness (QED) is 0.849. The highest BCUT2D eigenvalue weighted by Gasteiger charge is 2.01. The molecule has 0 spiro atoms. The number of methoxy groups -OCH3 is 1. The van der Waals surface area contributed by atoms with Gasteiger partial charge >= 0.3 is 0 Å². The Balaban J connectivity index is 2.58. The van der Waals surface area contributed by atoms with Crippen LogP contribution in [-0.4, -0.2) is 23.5 Å².